The van der Waals surface area contributed by atoms with Gasteiger partial charge in [0.25, 0.3) is 0 Å². The Morgan fingerprint density at radius 3 is 0.786 bits per heavy atom. The molecule has 0 saturated carbocycles. The highest BCUT2D eigenvalue weighted by atomic mass is 14.8. The number of rotatable bonds is 18. The van der Waals surface area contributed by atoms with Crippen molar-refractivity contribution in [3.05, 3.63) is 270 Å². The summed E-state index contributed by atoms with van der Waals surface area (Å²) in [6, 6.07) is 75.7. The van der Waals surface area contributed by atoms with E-state index in [9.17, 15) is 0 Å². The molecule has 6 aromatic carbocycles. The zero-order chi connectivity index (χ0) is 47.9. The van der Waals surface area contributed by atoms with Crippen molar-refractivity contribution in [3.8, 4) is 33.8 Å². The number of hydrogen-bond acceptors (Lipinski definition) is 6. The molecule has 9 rings (SSSR count). The normalized spacial score (nSPS) is 13.8. The van der Waals surface area contributed by atoms with Crippen LogP contribution in [0.1, 0.15) is 73.4 Å². The third-order valence-electron chi connectivity index (χ3n) is 12.6. The lowest BCUT2D eigenvalue weighted by Gasteiger charge is -2.25. The Hall–Kier alpha value is -8.22. The van der Waals surface area contributed by atoms with Crippen LogP contribution < -0.4 is 0 Å². The Labute approximate surface area is 413 Å². The summed E-state index contributed by atoms with van der Waals surface area (Å²) in [6.07, 6.45) is 8.10. The van der Waals surface area contributed by atoms with Gasteiger partial charge in [0.1, 0.15) is 0 Å². The molecule has 9 aromatic rings. The van der Waals surface area contributed by atoms with Crippen molar-refractivity contribution >= 4 is 17.1 Å². The molecule has 0 amide bonds. The van der Waals surface area contributed by atoms with Crippen molar-refractivity contribution in [1.82, 2.24) is 15.0 Å². The summed E-state index contributed by atoms with van der Waals surface area (Å²) < 4.78 is 0. The Bertz CT molecular complexity index is 2760. The number of aliphatic imine (C=N–C) groups is 3. The molecule has 0 aliphatic heterocycles. The number of aromatic nitrogens is 3. The largest absolute Gasteiger partial charge is 0.281 e. The molecule has 344 valence electrons. The molecular weight excluding hydrogens is 853 g/mol. The van der Waals surface area contributed by atoms with E-state index in [2.05, 4.69) is 200 Å². The quantitative estimate of drug-likeness (QED) is 0.0805. The maximum atomic E-state index is 5.57. The standard InChI is InChI=1S/C64H58N6/c1-46(68-62(53-19-7-4-8-20-53)56-34-28-50(29-35-56)59-25-13-16-40-65-59)43-49(44-47(2)69-63(54-21-9-5-10-22-54)57-36-30-51(31-37-57)60-26-14-17-41-66-60)45-48(3)70-64(55-23-11-6-12-24-55)58-38-32-52(33-39-58)61-27-15-18-42-67-61/h4-42,46-49H,43-45H2,1-3H3/b68-62-,69-63-,70-64-. The lowest BCUT2D eigenvalue weighted by atomic mass is 9.88. The van der Waals surface area contributed by atoms with Gasteiger partial charge in [-0.3, -0.25) is 29.9 Å². The van der Waals surface area contributed by atoms with Gasteiger partial charge in [-0.15, -0.1) is 0 Å². The van der Waals surface area contributed by atoms with Gasteiger partial charge in [-0.2, -0.15) is 0 Å². The molecule has 3 aromatic heterocycles. The van der Waals surface area contributed by atoms with E-state index in [-0.39, 0.29) is 24.0 Å². The predicted molar refractivity (Wildman–Crippen MR) is 291 cm³/mol. The van der Waals surface area contributed by atoms with E-state index >= 15 is 0 Å². The second-order valence-corrected chi connectivity index (χ2v) is 18.0. The zero-order valence-corrected chi connectivity index (χ0v) is 40.1. The van der Waals surface area contributed by atoms with Crippen molar-refractivity contribution in [2.24, 2.45) is 20.9 Å². The summed E-state index contributed by atoms with van der Waals surface area (Å²) >= 11 is 0. The number of benzene rings is 6. The Kier molecular flexibility index (Phi) is 15.5. The van der Waals surface area contributed by atoms with E-state index in [4.69, 9.17) is 15.0 Å². The molecule has 0 fully saturated rings. The fraction of sp³-hybridized carbons (Fsp3) is 0.156. The van der Waals surface area contributed by atoms with Crippen molar-refractivity contribution < 1.29 is 0 Å². The van der Waals surface area contributed by atoms with E-state index in [0.717, 1.165) is 104 Å². The monoisotopic (exact) mass is 910 g/mol. The van der Waals surface area contributed by atoms with E-state index in [0.29, 0.717) is 0 Å². The molecule has 0 N–H and O–H groups in total. The number of hydrogen-bond donors (Lipinski definition) is 0. The van der Waals surface area contributed by atoms with Crippen LogP contribution in [0.4, 0.5) is 0 Å². The third-order valence-corrected chi connectivity index (χ3v) is 12.6. The van der Waals surface area contributed by atoms with Crippen LogP contribution in [0.5, 0.6) is 0 Å². The van der Waals surface area contributed by atoms with Gasteiger partial charge in [-0.1, -0.05) is 182 Å². The molecule has 3 unspecified atom stereocenters. The number of nitrogens with zero attached hydrogens (tertiary/aromatic N) is 6. The minimum atomic E-state index is 0.00324. The summed E-state index contributed by atoms with van der Waals surface area (Å²) in [5.41, 5.74) is 15.5. The van der Waals surface area contributed by atoms with E-state index < -0.39 is 0 Å². The van der Waals surface area contributed by atoms with Crippen LogP contribution >= 0.6 is 0 Å². The Morgan fingerprint density at radius 1 is 0.300 bits per heavy atom. The highest BCUT2D eigenvalue weighted by molar-refractivity contribution is 6.14. The van der Waals surface area contributed by atoms with Crippen molar-refractivity contribution in [3.63, 3.8) is 0 Å². The third kappa shape index (κ3) is 12.3. The first-order valence-corrected chi connectivity index (χ1v) is 24.4. The average molecular weight is 911 g/mol. The van der Waals surface area contributed by atoms with Gasteiger partial charge in [-0.25, -0.2) is 0 Å². The summed E-state index contributed by atoms with van der Waals surface area (Å²) in [7, 11) is 0. The lowest BCUT2D eigenvalue weighted by molar-refractivity contribution is 0.352. The van der Waals surface area contributed by atoms with Gasteiger partial charge in [0.05, 0.1) is 34.2 Å². The molecule has 0 saturated heterocycles. The molecule has 3 atom stereocenters. The molecule has 0 aliphatic carbocycles. The maximum Gasteiger partial charge on any atom is 0.0722 e. The lowest BCUT2D eigenvalue weighted by Crippen LogP contribution is -2.21. The second kappa shape index (κ2) is 23.2. The summed E-state index contributed by atoms with van der Waals surface area (Å²) in [6.45, 7) is 6.78. The molecule has 0 bridgehead atoms. The Morgan fingerprint density at radius 2 is 0.543 bits per heavy atom. The fourth-order valence-electron chi connectivity index (χ4n) is 9.29. The Balaban J connectivity index is 1.05. The first kappa shape index (κ1) is 46.9. The van der Waals surface area contributed by atoms with Gasteiger partial charge in [0.15, 0.2) is 0 Å². The summed E-state index contributed by atoms with van der Waals surface area (Å²) in [4.78, 5) is 30.5. The topological polar surface area (TPSA) is 75.8 Å². The fourth-order valence-corrected chi connectivity index (χ4v) is 9.29. The van der Waals surface area contributed by atoms with Gasteiger partial charge >= 0.3 is 0 Å². The molecular formula is C64H58N6. The van der Waals surface area contributed by atoms with Crippen LogP contribution in [0.2, 0.25) is 0 Å². The van der Waals surface area contributed by atoms with Crippen molar-refractivity contribution in [2.45, 2.75) is 58.2 Å². The zero-order valence-electron chi connectivity index (χ0n) is 40.1. The summed E-state index contributed by atoms with van der Waals surface area (Å²) in [5, 5.41) is 0. The minimum Gasteiger partial charge on any atom is -0.281 e. The molecule has 0 aliphatic rings. The molecule has 6 nitrogen and oxygen atoms in total. The maximum absolute atomic E-state index is 5.57. The first-order valence-electron chi connectivity index (χ1n) is 24.4. The van der Waals surface area contributed by atoms with Crippen LogP contribution in [0.25, 0.3) is 33.8 Å². The van der Waals surface area contributed by atoms with Crippen LogP contribution in [0, 0.1) is 5.92 Å². The van der Waals surface area contributed by atoms with Crippen LogP contribution in [0.15, 0.2) is 252 Å². The van der Waals surface area contributed by atoms with Crippen LogP contribution in [0.3, 0.4) is 0 Å². The average Bonchev–Trinajstić information content (AvgIpc) is 3.42. The smallest absolute Gasteiger partial charge is 0.0722 e. The molecule has 3 heterocycles. The van der Waals surface area contributed by atoms with E-state index in [1.165, 1.54) is 0 Å². The predicted octanol–water partition coefficient (Wildman–Crippen LogP) is 14.7. The molecule has 6 heteroatoms. The number of pyridine rings is 3. The van der Waals surface area contributed by atoms with Gasteiger partial charge < -0.3 is 0 Å². The van der Waals surface area contributed by atoms with E-state index in [1.54, 1.807) is 0 Å². The van der Waals surface area contributed by atoms with Gasteiger partial charge in [0, 0.05) is 86.8 Å². The SMILES string of the molecule is CC(CC(CC(C)/N=C(/c1ccccc1)c1ccc(-c2ccccn2)cc1)CC(C)/N=C(/c1ccccc1)c1ccc(-c2ccccn2)cc1)/N=C(/c1ccccc1)c1ccc(-c2ccccn2)cc1. The molecule has 70 heavy (non-hydrogen) atoms. The van der Waals surface area contributed by atoms with Crippen LogP contribution in [-0.2, 0) is 0 Å². The van der Waals surface area contributed by atoms with Gasteiger partial charge in [-0.05, 0) is 82.3 Å². The second-order valence-electron chi connectivity index (χ2n) is 18.0. The van der Waals surface area contributed by atoms with Crippen LogP contribution in [-0.4, -0.2) is 50.2 Å². The van der Waals surface area contributed by atoms with Crippen molar-refractivity contribution in [1.29, 1.82) is 0 Å². The van der Waals surface area contributed by atoms with E-state index in [1.807, 2.05) is 73.2 Å². The minimum absolute atomic E-state index is 0.00324. The highest BCUT2D eigenvalue weighted by Gasteiger charge is 2.22. The van der Waals surface area contributed by atoms with Crippen molar-refractivity contribution in [2.75, 3.05) is 0 Å². The molecule has 0 spiro atoms. The molecule has 0 radical (unpaired) electrons. The first-order chi connectivity index (χ1) is 34.4. The highest BCUT2D eigenvalue weighted by Crippen LogP contribution is 2.29. The van der Waals surface area contributed by atoms with Gasteiger partial charge in [0.2, 0.25) is 0 Å². The summed E-state index contributed by atoms with van der Waals surface area (Å²) in [5.74, 6) is 0.243.